The molecule has 3 aromatic rings. The Morgan fingerprint density at radius 2 is 2.22 bits per heavy atom. The van der Waals surface area contributed by atoms with Crippen LogP contribution < -0.4 is 0 Å². The molecule has 5 nitrogen and oxygen atoms in total. The first-order valence-corrected chi connectivity index (χ1v) is 6.46. The van der Waals surface area contributed by atoms with Gasteiger partial charge in [-0.25, -0.2) is 4.68 Å². The van der Waals surface area contributed by atoms with E-state index in [0.717, 1.165) is 17.9 Å². The molecule has 0 aliphatic heterocycles. The van der Waals surface area contributed by atoms with Crippen LogP contribution in [0.3, 0.4) is 0 Å². The summed E-state index contributed by atoms with van der Waals surface area (Å²) < 4.78 is 1.83. The van der Waals surface area contributed by atoms with E-state index in [-0.39, 0.29) is 0 Å². The summed E-state index contributed by atoms with van der Waals surface area (Å²) in [7, 11) is 0. The van der Waals surface area contributed by atoms with Crippen LogP contribution in [-0.2, 0) is 13.0 Å². The predicted molar refractivity (Wildman–Crippen MR) is 68.3 cm³/mol. The molecule has 90 valence electrons. The van der Waals surface area contributed by atoms with E-state index in [4.69, 9.17) is 0 Å². The van der Waals surface area contributed by atoms with E-state index in [1.165, 1.54) is 4.88 Å². The lowest BCUT2D eigenvalue weighted by molar-refractivity contribution is 0.631. The normalized spacial score (nSPS) is 10.7. The monoisotopic (exact) mass is 257 g/mol. The van der Waals surface area contributed by atoms with Crippen LogP contribution in [0, 0.1) is 0 Å². The summed E-state index contributed by atoms with van der Waals surface area (Å²) in [6.07, 6.45) is 4.30. The van der Waals surface area contributed by atoms with Crippen molar-refractivity contribution in [2.45, 2.75) is 13.0 Å². The summed E-state index contributed by atoms with van der Waals surface area (Å²) in [6, 6.07) is 8.06. The SMILES string of the molecule is c1cncc(Cc2nnnn2Cc2cccs2)c1. The van der Waals surface area contributed by atoms with E-state index in [1.54, 1.807) is 17.5 Å². The molecule has 0 spiro atoms. The molecule has 3 heterocycles. The van der Waals surface area contributed by atoms with Crippen LogP contribution in [0.2, 0.25) is 0 Å². The van der Waals surface area contributed by atoms with Crippen molar-refractivity contribution in [3.05, 3.63) is 58.3 Å². The number of tetrazole rings is 1. The molecule has 3 rings (SSSR count). The number of pyridine rings is 1. The topological polar surface area (TPSA) is 56.5 Å². The van der Waals surface area contributed by atoms with Gasteiger partial charge in [0, 0.05) is 23.7 Å². The molecule has 0 unspecified atom stereocenters. The second-order valence-corrected chi connectivity index (χ2v) is 4.90. The Morgan fingerprint density at radius 1 is 1.22 bits per heavy atom. The highest BCUT2D eigenvalue weighted by Crippen LogP contribution is 2.11. The molecular weight excluding hydrogens is 246 g/mol. The Bertz CT molecular complexity index is 602. The molecule has 0 aliphatic rings. The maximum atomic E-state index is 4.09. The number of nitrogens with zero attached hydrogens (tertiary/aromatic N) is 5. The summed E-state index contributed by atoms with van der Waals surface area (Å²) in [5.74, 6) is 0.858. The molecule has 0 aromatic carbocycles. The zero-order valence-electron chi connectivity index (χ0n) is 9.60. The van der Waals surface area contributed by atoms with E-state index >= 15 is 0 Å². The van der Waals surface area contributed by atoms with E-state index in [9.17, 15) is 0 Å². The fourth-order valence-electron chi connectivity index (χ4n) is 1.71. The van der Waals surface area contributed by atoms with Gasteiger partial charge in [-0.05, 0) is 33.5 Å². The van der Waals surface area contributed by atoms with Crippen molar-refractivity contribution in [2.24, 2.45) is 0 Å². The minimum Gasteiger partial charge on any atom is -0.264 e. The fourth-order valence-corrected chi connectivity index (χ4v) is 2.39. The van der Waals surface area contributed by atoms with Crippen LogP contribution in [0.15, 0.2) is 42.0 Å². The van der Waals surface area contributed by atoms with E-state index < -0.39 is 0 Å². The van der Waals surface area contributed by atoms with Gasteiger partial charge in [-0.3, -0.25) is 4.98 Å². The summed E-state index contributed by atoms with van der Waals surface area (Å²) in [5.41, 5.74) is 1.11. The van der Waals surface area contributed by atoms with Gasteiger partial charge in [0.2, 0.25) is 0 Å². The summed E-state index contributed by atoms with van der Waals surface area (Å²) >= 11 is 1.71. The standard InChI is InChI=1S/C12H11N5S/c1-3-10(8-13-5-1)7-12-14-15-16-17(12)9-11-4-2-6-18-11/h1-6,8H,7,9H2. The number of thiophene rings is 1. The van der Waals surface area contributed by atoms with Crippen LogP contribution in [0.5, 0.6) is 0 Å². The van der Waals surface area contributed by atoms with Crippen molar-refractivity contribution in [1.29, 1.82) is 0 Å². The molecule has 0 bridgehead atoms. The molecule has 0 amide bonds. The van der Waals surface area contributed by atoms with Gasteiger partial charge < -0.3 is 0 Å². The average Bonchev–Trinajstić information content (AvgIpc) is 3.04. The molecule has 0 atom stereocenters. The minimum absolute atomic E-state index is 0.701. The lowest BCUT2D eigenvalue weighted by atomic mass is 10.2. The predicted octanol–water partition coefficient (Wildman–Crippen LogP) is 1.77. The van der Waals surface area contributed by atoms with Crippen molar-refractivity contribution >= 4 is 11.3 Å². The molecule has 0 aliphatic carbocycles. The largest absolute Gasteiger partial charge is 0.264 e. The van der Waals surface area contributed by atoms with Crippen LogP contribution in [-0.4, -0.2) is 25.2 Å². The van der Waals surface area contributed by atoms with Gasteiger partial charge in [0.25, 0.3) is 0 Å². The first-order valence-electron chi connectivity index (χ1n) is 5.58. The molecule has 0 saturated heterocycles. The van der Waals surface area contributed by atoms with E-state index in [2.05, 4.69) is 32.0 Å². The second kappa shape index (κ2) is 5.05. The van der Waals surface area contributed by atoms with Gasteiger partial charge in [-0.15, -0.1) is 16.4 Å². The zero-order valence-corrected chi connectivity index (χ0v) is 10.4. The number of aromatic nitrogens is 5. The average molecular weight is 257 g/mol. The minimum atomic E-state index is 0.701. The van der Waals surface area contributed by atoms with Crippen LogP contribution >= 0.6 is 11.3 Å². The molecule has 0 saturated carbocycles. The number of hydrogen-bond acceptors (Lipinski definition) is 5. The maximum Gasteiger partial charge on any atom is 0.156 e. The molecule has 3 aromatic heterocycles. The van der Waals surface area contributed by atoms with Gasteiger partial charge in [0.1, 0.15) is 0 Å². The van der Waals surface area contributed by atoms with Crippen molar-refractivity contribution in [2.75, 3.05) is 0 Å². The maximum absolute atomic E-state index is 4.09. The van der Waals surface area contributed by atoms with E-state index in [0.29, 0.717) is 6.42 Å². The quantitative estimate of drug-likeness (QED) is 0.714. The molecule has 0 radical (unpaired) electrons. The smallest absolute Gasteiger partial charge is 0.156 e. The van der Waals surface area contributed by atoms with Gasteiger partial charge in [-0.2, -0.15) is 0 Å². The Kier molecular flexibility index (Phi) is 3.10. The summed E-state index contributed by atoms with van der Waals surface area (Å²) in [6.45, 7) is 0.722. The Morgan fingerprint density at radius 3 is 3.00 bits per heavy atom. The molecular formula is C12H11N5S. The van der Waals surface area contributed by atoms with Gasteiger partial charge >= 0.3 is 0 Å². The van der Waals surface area contributed by atoms with Crippen LogP contribution in [0.4, 0.5) is 0 Å². The zero-order chi connectivity index (χ0) is 12.2. The molecule has 18 heavy (non-hydrogen) atoms. The Hall–Kier alpha value is -2.08. The highest BCUT2D eigenvalue weighted by molar-refractivity contribution is 7.09. The highest BCUT2D eigenvalue weighted by atomic mass is 32.1. The van der Waals surface area contributed by atoms with Crippen molar-refractivity contribution < 1.29 is 0 Å². The molecule has 0 fully saturated rings. The van der Waals surface area contributed by atoms with Crippen molar-refractivity contribution in [1.82, 2.24) is 25.2 Å². The lowest BCUT2D eigenvalue weighted by Crippen LogP contribution is -2.06. The molecule has 6 heteroatoms. The number of hydrogen-bond donors (Lipinski definition) is 0. The third-order valence-electron chi connectivity index (χ3n) is 2.58. The third kappa shape index (κ3) is 2.43. The summed E-state index contributed by atoms with van der Waals surface area (Å²) in [4.78, 5) is 5.34. The third-order valence-corrected chi connectivity index (χ3v) is 3.44. The number of rotatable bonds is 4. The van der Waals surface area contributed by atoms with Gasteiger partial charge in [0.05, 0.1) is 6.54 Å². The Balaban J connectivity index is 1.79. The second-order valence-electron chi connectivity index (χ2n) is 3.87. The lowest BCUT2D eigenvalue weighted by Gasteiger charge is -2.02. The first-order chi connectivity index (χ1) is 8.92. The van der Waals surface area contributed by atoms with Crippen LogP contribution in [0.1, 0.15) is 16.3 Å². The van der Waals surface area contributed by atoms with Gasteiger partial charge in [-0.1, -0.05) is 12.1 Å². The highest BCUT2D eigenvalue weighted by Gasteiger charge is 2.08. The molecule has 0 N–H and O–H groups in total. The van der Waals surface area contributed by atoms with Crippen LogP contribution in [0.25, 0.3) is 0 Å². The van der Waals surface area contributed by atoms with Crippen molar-refractivity contribution in [3.63, 3.8) is 0 Å². The summed E-state index contributed by atoms with van der Waals surface area (Å²) in [5, 5.41) is 13.9. The van der Waals surface area contributed by atoms with Crippen molar-refractivity contribution in [3.8, 4) is 0 Å². The Labute approximate surface area is 108 Å². The van der Waals surface area contributed by atoms with E-state index in [1.807, 2.05) is 29.1 Å². The van der Waals surface area contributed by atoms with Gasteiger partial charge in [0.15, 0.2) is 5.82 Å². The fraction of sp³-hybridized carbons (Fsp3) is 0.167. The first kappa shape index (κ1) is 11.0.